The predicted molar refractivity (Wildman–Crippen MR) is 75.5 cm³/mol. The van der Waals surface area contributed by atoms with Crippen LogP contribution in [0.4, 0.5) is 11.4 Å². The molecular formula is C12H19N3OS. The Hall–Kier alpha value is -1.36. The van der Waals surface area contributed by atoms with E-state index in [-0.39, 0.29) is 4.75 Å². The first-order valence-corrected chi connectivity index (χ1v) is 6.56. The highest BCUT2D eigenvalue weighted by Crippen LogP contribution is 2.24. The lowest BCUT2D eigenvalue weighted by Crippen LogP contribution is -2.27. The summed E-state index contributed by atoms with van der Waals surface area (Å²) < 4.78 is 0.0936. The largest absolute Gasteiger partial charge is 0.399 e. The van der Waals surface area contributed by atoms with Gasteiger partial charge in [-0.05, 0) is 38.3 Å². The van der Waals surface area contributed by atoms with E-state index >= 15 is 0 Å². The van der Waals surface area contributed by atoms with Gasteiger partial charge in [-0.25, -0.2) is 0 Å². The lowest BCUT2D eigenvalue weighted by atomic mass is 10.1. The average Bonchev–Trinajstić information content (AvgIpc) is 2.27. The molecule has 0 unspecified atom stereocenters. The van der Waals surface area contributed by atoms with Gasteiger partial charge in [0.25, 0.3) is 5.91 Å². The van der Waals surface area contributed by atoms with E-state index in [4.69, 9.17) is 11.5 Å². The Balaban J connectivity index is 2.88. The van der Waals surface area contributed by atoms with Crippen LogP contribution in [-0.4, -0.2) is 23.5 Å². The summed E-state index contributed by atoms with van der Waals surface area (Å²) in [6, 6.07) is 5.13. The number of thioether (sulfide) groups is 1. The second kappa shape index (κ2) is 5.31. The zero-order valence-electron chi connectivity index (χ0n) is 10.4. The minimum atomic E-state index is -0.471. The second-order valence-electron chi connectivity index (χ2n) is 4.49. The highest BCUT2D eigenvalue weighted by atomic mass is 32.2. The molecule has 0 heterocycles. The Kier molecular flexibility index (Phi) is 4.28. The molecule has 0 saturated carbocycles. The van der Waals surface area contributed by atoms with Crippen molar-refractivity contribution >= 4 is 29.0 Å². The zero-order chi connectivity index (χ0) is 13.1. The van der Waals surface area contributed by atoms with Crippen molar-refractivity contribution in [3.63, 3.8) is 0 Å². The van der Waals surface area contributed by atoms with E-state index in [1.54, 1.807) is 30.0 Å². The maximum absolute atomic E-state index is 11.3. The van der Waals surface area contributed by atoms with Crippen LogP contribution >= 0.6 is 11.8 Å². The topological polar surface area (TPSA) is 81.1 Å². The average molecular weight is 253 g/mol. The highest BCUT2D eigenvalue weighted by molar-refractivity contribution is 7.99. The first-order chi connectivity index (χ1) is 7.85. The highest BCUT2D eigenvalue weighted by Gasteiger charge is 2.17. The van der Waals surface area contributed by atoms with Crippen molar-refractivity contribution in [3.05, 3.63) is 23.8 Å². The molecular weight excluding hydrogens is 234 g/mol. The smallest absolute Gasteiger partial charge is 0.250 e. The summed E-state index contributed by atoms with van der Waals surface area (Å²) in [6.45, 7) is 5.01. The van der Waals surface area contributed by atoms with E-state index in [1.165, 1.54) is 0 Å². The van der Waals surface area contributed by atoms with Gasteiger partial charge in [-0.1, -0.05) is 0 Å². The molecule has 0 atom stereocenters. The first kappa shape index (κ1) is 13.7. The summed E-state index contributed by atoms with van der Waals surface area (Å²) >= 11 is 1.76. The maximum Gasteiger partial charge on any atom is 0.250 e. The van der Waals surface area contributed by atoms with E-state index in [1.807, 2.05) is 0 Å². The fourth-order valence-electron chi connectivity index (χ4n) is 1.30. The molecule has 5 heteroatoms. The van der Waals surface area contributed by atoms with E-state index in [9.17, 15) is 4.79 Å². The Morgan fingerprint density at radius 3 is 2.65 bits per heavy atom. The van der Waals surface area contributed by atoms with Gasteiger partial charge in [-0.15, -0.1) is 0 Å². The van der Waals surface area contributed by atoms with E-state index in [2.05, 4.69) is 25.4 Å². The van der Waals surface area contributed by atoms with Gasteiger partial charge in [0.1, 0.15) is 0 Å². The van der Waals surface area contributed by atoms with E-state index in [0.717, 1.165) is 12.2 Å². The number of nitrogen functional groups attached to an aromatic ring is 1. The van der Waals surface area contributed by atoms with Crippen molar-refractivity contribution in [2.24, 2.45) is 5.73 Å². The standard InChI is InChI=1S/C12H19N3OS/c1-12(2,17-3)7-15-10-5-4-8(13)6-9(10)11(14)16/h4-6,15H,7,13H2,1-3H3,(H2,14,16). The monoisotopic (exact) mass is 253 g/mol. The molecule has 1 rings (SSSR count). The summed E-state index contributed by atoms with van der Waals surface area (Å²) in [5.41, 5.74) is 12.6. The third kappa shape index (κ3) is 3.85. The molecule has 0 aliphatic heterocycles. The normalized spacial score (nSPS) is 11.2. The van der Waals surface area contributed by atoms with Gasteiger partial charge in [-0.3, -0.25) is 4.79 Å². The number of nitrogens with two attached hydrogens (primary N) is 2. The van der Waals surface area contributed by atoms with Crippen molar-refractivity contribution in [3.8, 4) is 0 Å². The molecule has 94 valence electrons. The number of primary amides is 1. The van der Waals surface area contributed by atoms with Crippen LogP contribution in [0, 0.1) is 0 Å². The van der Waals surface area contributed by atoms with Crippen molar-refractivity contribution < 1.29 is 4.79 Å². The number of carbonyl (C=O) groups is 1. The summed E-state index contributed by atoms with van der Waals surface area (Å²) in [5, 5.41) is 3.24. The quantitative estimate of drug-likeness (QED) is 0.700. The summed E-state index contributed by atoms with van der Waals surface area (Å²) in [5.74, 6) is -0.471. The number of anilines is 2. The fraction of sp³-hybridized carbons (Fsp3) is 0.417. The lowest BCUT2D eigenvalue weighted by molar-refractivity contribution is 0.100. The molecule has 0 spiro atoms. The summed E-state index contributed by atoms with van der Waals surface area (Å²) in [7, 11) is 0. The molecule has 5 N–H and O–H groups in total. The fourth-order valence-corrected chi connectivity index (χ4v) is 1.52. The number of benzene rings is 1. The van der Waals surface area contributed by atoms with E-state index in [0.29, 0.717) is 11.3 Å². The number of rotatable bonds is 5. The summed E-state index contributed by atoms with van der Waals surface area (Å²) in [4.78, 5) is 11.3. The number of nitrogens with one attached hydrogen (secondary N) is 1. The number of hydrogen-bond donors (Lipinski definition) is 3. The molecule has 0 aliphatic carbocycles. The van der Waals surface area contributed by atoms with Gasteiger partial charge in [0, 0.05) is 22.7 Å². The van der Waals surface area contributed by atoms with Gasteiger partial charge in [0.05, 0.1) is 5.56 Å². The van der Waals surface area contributed by atoms with Crippen molar-refractivity contribution in [2.45, 2.75) is 18.6 Å². The molecule has 0 bridgehead atoms. The van der Waals surface area contributed by atoms with E-state index < -0.39 is 5.91 Å². The van der Waals surface area contributed by atoms with Crippen LogP contribution in [0.3, 0.4) is 0 Å². The number of carbonyl (C=O) groups excluding carboxylic acids is 1. The van der Waals surface area contributed by atoms with Crippen LogP contribution in [-0.2, 0) is 0 Å². The molecule has 17 heavy (non-hydrogen) atoms. The lowest BCUT2D eigenvalue weighted by Gasteiger charge is -2.23. The molecule has 0 aromatic heterocycles. The van der Waals surface area contributed by atoms with Crippen molar-refractivity contribution in [2.75, 3.05) is 23.9 Å². The van der Waals surface area contributed by atoms with Crippen LogP contribution in [0.25, 0.3) is 0 Å². The van der Waals surface area contributed by atoms with Gasteiger partial charge in [0.15, 0.2) is 0 Å². The van der Waals surface area contributed by atoms with Crippen LogP contribution in [0.1, 0.15) is 24.2 Å². The van der Waals surface area contributed by atoms with Crippen LogP contribution in [0.15, 0.2) is 18.2 Å². The van der Waals surface area contributed by atoms with Gasteiger partial charge < -0.3 is 16.8 Å². The Morgan fingerprint density at radius 1 is 1.47 bits per heavy atom. The van der Waals surface area contributed by atoms with Crippen LogP contribution in [0.2, 0.25) is 0 Å². The molecule has 1 aromatic carbocycles. The van der Waals surface area contributed by atoms with Crippen molar-refractivity contribution in [1.29, 1.82) is 0 Å². The second-order valence-corrected chi connectivity index (χ2v) is 6.00. The van der Waals surface area contributed by atoms with Crippen molar-refractivity contribution in [1.82, 2.24) is 0 Å². The number of hydrogen-bond acceptors (Lipinski definition) is 4. The van der Waals surface area contributed by atoms with Gasteiger partial charge >= 0.3 is 0 Å². The maximum atomic E-state index is 11.3. The molecule has 0 saturated heterocycles. The molecule has 1 aromatic rings. The first-order valence-electron chi connectivity index (χ1n) is 5.34. The van der Waals surface area contributed by atoms with Gasteiger partial charge in [-0.2, -0.15) is 11.8 Å². The Labute approximate surface area is 106 Å². The Morgan fingerprint density at radius 2 is 2.12 bits per heavy atom. The minimum Gasteiger partial charge on any atom is -0.399 e. The molecule has 0 fully saturated rings. The minimum absolute atomic E-state index is 0.0936. The molecule has 0 aliphatic rings. The third-order valence-electron chi connectivity index (χ3n) is 2.57. The Bertz CT molecular complexity index is 418. The summed E-state index contributed by atoms with van der Waals surface area (Å²) in [6.07, 6.45) is 2.06. The number of amides is 1. The SMILES string of the molecule is CSC(C)(C)CNc1ccc(N)cc1C(N)=O. The zero-order valence-corrected chi connectivity index (χ0v) is 11.2. The van der Waals surface area contributed by atoms with Crippen LogP contribution in [0.5, 0.6) is 0 Å². The molecule has 0 radical (unpaired) electrons. The molecule has 1 amide bonds. The predicted octanol–water partition coefficient (Wildman–Crippen LogP) is 1.92. The van der Waals surface area contributed by atoms with Crippen LogP contribution < -0.4 is 16.8 Å². The van der Waals surface area contributed by atoms with Gasteiger partial charge in [0.2, 0.25) is 0 Å². The third-order valence-corrected chi connectivity index (χ3v) is 3.82. The molecule has 4 nitrogen and oxygen atoms in total.